The summed E-state index contributed by atoms with van der Waals surface area (Å²) in [5.74, 6) is 0.401. The zero-order chi connectivity index (χ0) is 25.2. The second kappa shape index (κ2) is 11.3. The van der Waals surface area contributed by atoms with E-state index in [1.54, 1.807) is 0 Å². The first-order valence-corrected chi connectivity index (χ1v) is 14.6. The van der Waals surface area contributed by atoms with Gasteiger partial charge in [-0.3, -0.25) is 4.90 Å². The van der Waals surface area contributed by atoms with Crippen LogP contribution in [-0.4, -0.2) is 94.4 Å². The van der Waals surface area contributed by atoms with Crippen LogP contribution in [0.2, 0.25) is 0 Å². The van der Waals surface area contributed by atoms with E-state index in [2.05, 4.69) is 68.5 Å². The van der Waals surface area contributed by atoms with Crippen molar-refractivity contribution in [3.8, 4) is 0 Å². The lowest BCUT2D eigenvalue weighted by molar-refractivity contribution is -0.267. The summed E-state index contributed by atoms with van der Waals surface area (Å²) in [6.07, 6.45) is 10.0. The normalized spacial score (nSPS) is 33.5. The van der Waals surface area contributed by atoms with E-state index in [0.29, 0.717) is 24.6 Å². The van der Waals surface area contributed by atoms with Crippen molar-refractivity contribution in [3.05, 3.63) is 0 Å². The monoisotopic (exact) mass is 491 g/mol. The molecule has 0 radical (unpaired) electrons. The molecule has 35 heavy (non-hydrogen) atoms. The molecule has 0 aromatic heterocycles. The molecule has 2 bridgehead atoms. The van der Waals surface area contributed by atoms with E-state index in [9.17, 15) is 0 Å². The van der Waals surface area contributed by atoms with E-state index < -0.39 is 0 Å². The molecule has 0 aromatic rings. The molecule has 4 heterocycles. The van der Waals surface area contributed by atoms with E-state index in [1.807, 2.05) is 0 Å². The van der Waals surface area contributed by atoms with Crippen LogP contribution in [0.15, 0.2) is 5.16 Å². The minimum absolute atomic E-state index is 0.174. The molecule has 5 aliphatic rings. The number of nitrogens with zero attached hydrogens (tertiary/aromatic N) is 5. The van der Waals surface area contributed by atoms with Crippen molar-refractivity contribution in [3.63, 3.8) is 0 Å². The summed E-state index contributed by atoms with van der Waals surface area (Å²) >= 11 is 0. The van der Waals surface area contributed by atoms with Gasteiger partial charge in [0, 0.05) is 50.7 Å². The molecule has 3 atom stereocenters. The summed E-state index contributed by atoms with van der Waals surface area (Å²) in [5.41, 5.74) is 0.569. The van der Waals surface area contributed by atoms with Gasteiger partial charge in [-0.2, -0.15) is 5.12 Å². The van der Waals surface area contributed by atoms with Crippen molar-refractivity contribution in [1.82, 2.24) is 20.0 Å². The van der Waals surface area contributed by atoms with E-state index in [-0.39, 0.29) is 17.2 Å². The maximum Gasteiger partial charge on any atom is 0.129 e. The van der Waals surface area contributed by atoms with Gasteiger partial charge in [0.1, 0.15) is 17.9 Å². The maximum atomic E-state index is 6.80. The molecule has 4 aliphatic heterocycles. The molecule has 5 rings (SSSR count). The molecular formula is C28H53N5O2. The van der Waals surface area contributed by atoms with Gasteiger partial charge in [0.25, 0.3) is 0 Å². The van der Waals surface area contributed by atoms with Gasteiger partial charge in [-0.15, -0.1) is 0 Å². The van der Waals surface area contributed by atoms with E-state index in [0.717, 1.165) is 44.9 Å². The van der Waals surface area contributed by atoms with Crippen molar-refractivity contribution < 1.29 is 9.57 Å². The molecule has 1 saturated carbocycles. The number of ether oxygens (including phenoxy) is 1. The Morgan fingerprint density at radius 1 is 0.914 bits per heavy atom. The average molecular weight is 492 g/mol. The van der Waals surface area contributed by atoms with Crippen molar-refractivity contribution in [1.29, 1.82) is 0 Å². The summed E-state index contributed by atoms with van der Waals surface area (Å²) in [6.45, 7) is 22.0. The van der Waals surface area contributed by atoms with Gasteiger partial charge in [-0.05, 0) is 87.0 Å². The van der Waals surface area contributed by atoms with Crippen LogP contribution in [0.5, 0.6) is 0 Å². The number of oxime groups is 1. The van der Waals surface area contributed by atoms with Crippen molar-refractivity contribution in [2.75, 3.05) is 39.3 Å². The van der Waals surface area contributed by atoms with Crippen LogP contribution in [-0.2, 0) is 9.57 Å². The third-order valence-corrected chi connectivity index (χ3v) is 8.94. The topological polar surface area (TPSA) is 43.8 Å². The number of rotatable bonds is 9. The number of hydrazine groups is 2. The Morgan fingerprint density at radius 3 is 1.94 bits per heavy atom. The Labute approximate surface area is 215 Å². The molecule has 4 saturated heterocycles. The fourth-order valence-corrected chi connectivity index (χ4v) is 7.20. The molecule has 1 aliphatic carbocycles. The average Bonchev–Trinajstić information content (AvgIpc) is 2.80. The molecule has 0 amide bonds. The smallest absolute Gasteiger partial charge is 0.129 e. The van der Waals surface area contributed by atoms with E-state index >= 15 is 0 Å². The van der Waals surface area contributed by atoms with Gasteiger partial charge in [-0.25, -0.2) is 10.0 Å². The molecule has 0 unspecified atom stereocenters. The third-order valence-electron chi connectivity index (χ3n) is 8.94. The zero-order valence-electron chi connectivity index (χ0n) is 23.8. The first-order chi connectivity index (χ1) is 16.6. The standard InChI is InChI=1S/C28H53N5O2/c1-22(2)32(23(3)4)20-21-34-29-26-25(24-14-15-28(26,7)35-27(24,5)6)33(30-16-10-8-11-17-30)31-18-12-9-13-19-31/h22-25H,8-21H2,1-7H3/b29-26-/t24-,25-,28+/m1/s1. The highest BCUT2D eigenvalue weighted by molar-refractivity contribution is 5.98. The van der Waals surface area contributed by atoms with Crippen LogP contribution in [0.3, 0.4) is 0 Å². The highest BCUT2D eigenvalue weighted by atomic mass is 16.6. The fraction of sp³-hybridized carbons (Fsp3) is 0.964. The summed E-state index contributed by atoms with van der Waals surface area (Å²) in [6, 6.07) is 1.21. The van der Waals surface area contributed by atoms with Gasteiger partial charge < -0.3 is 9.57 Å². The Morgan fingerprint density at radius 2 is 1.46 bits per heavy atom. The lowest BCUT2D eigenvalue weighted by atomic mass is 9.64. The van der Waals surface area contributed by atoms with Crippen LogP contribution >= 0.6 is 0 Å². The highest BCUT2D eigenvalue weighted by Gasteiger charge is 2.61. The number of fused-ring (bicyclic) bond motifs is 3. The third kappa shape index (κ3) is 5.90. The SMILES string of the molecule is CC(C)N(CCO/N=C1/[C@H](N(N2CCCCC2)N2CCCCC2)[C@H]2CC[C@]1(C)OC2(C)C)C(C)C. The second-order valence-electron chi connectivity index (χ2n) is 12.6. The molecule has 7 nitrogen and oxygen atoms in total. The molecule has 0 N–H and O–H groups in total. The Kier molecular flexibility index (Phi) is 8.85. The number of hydrogen-bond acceptors (Lipinski definition) is 7. The summed E-state index contributed by atoms with van der Waals surface area (Å²) in [4.78, 5) is 8.62. The van der Waals surface area contributed by atoms with Crippen molar-refractivity contribution >= 4 is 5.71 Å². The van der Waals surface area contributed by atoms with Gasteiger partial charge in [0.15, 0.2) is 0 Å². The first-order valence-electron chi connectivity index (χ1n) is 14.6. The largest absolute Gasteiger partial charge is 0.394 e. The zero-order valence-corrected chi connectivity index (χ0v) is 23.8. The van der Waals surface area contributed by atoms with Crippen molar-refractivity contribution in [2.24, 2.45) is 11.1 Å². The van der Waals surface area contributed by atoms with Gasteiger partial charge >= 0.3 is 0 Å². The van der Waals surface area contributed by atoms with Crippen molar-refractivity contribution in [2.45, 2.75) is 129 Å². The Bertz CT molecular complexity index is 688. The fourth-order valence-electron chi connectivity index (χ4n) is 7.20. The van der Waals surface area contributed by atoms with Gasteiger partial charge in [0.05, 0.1) is 11.6 Å². The minimum atomic E-state index is -0.372. The molecule has 5 fully saturated rings. The summed E-state index contributed by atoms with van der Waals surface area (Å²) in [5, 5.41) is 12.9. The molecular weight excluding hydrogens is 438 g/mol. The number of hydrogen-bond donors (Lipinski definition) is 0. The van der Waals surface area contributed by atoms with Crippen LogP contribution in [0.25, 0.3) is 0 Å². The Hall–Kier alpha value is -0.730. The number of piperidine rings is 2. The quantitative estimate of drug-likeness (QED) is 0.337. The molecule has 202 valence electrons. The van der Waals surface area contributed by atoms with Crippen LogP contribution in [0.4, 0.5) is 0 Å². The minimum Gasteiger partial charge on any atom is -0.394 e. The molecule has 0 spiro atoms. The van der Waals surface area contributed by atoms with Gasteiger partial charge in [0.2, 0.25) is 0 Å². The van der Waals surface area contributed by atoms with Crippen LogP contribution in [0.1, 0.15) is 99.8 Å². The lowest BCUT2D eigenvalue weighted by Gasteiger charge is -2.62. The predicted molar refractivity (Wildman–Crippen MR) is 143 cm³/mol. The summed E-state index contributed by atoms with van der Waals surface area (Å²) < 4.78 is 6.80. The lowest BCUT2D eigenvalue weighted by Crippen LogP contribution is -2.74. The van der Waals surface area contributed by atoms with Crippen LogP contribution in [0, 0.1) is 5.92 Å². The maximum absolute atomic E-state index is 6.80. The Balaban J connectivity index is 1.62. The summed E-state index contributed by atoms with van der Waals surface area (Å²) in [7, 11) is 0. The van der Waals surface area contributed by atoms with Gasteiger partial charge in [-0.1, -0.05) is 18.0 Å². The predicted octanol–water partition coefficient (Wildman–Crippen LogP) is 4.93. The molecule has 7 heteroatoms. The van der Waals surface area contributed by atoms with Crippen LogP contribution < -0.4 is 0 Å². The second-order valence-corrected chi connectivity index (χ2v) is 12.6. The first kappa shape index (κ1) is 27.3. The highest BCUT2D eigenvalue weighted by Crippen LogP contribution is 2.50. The molecule has 0 aromatic carbocycles. The van der Waals surface area contributed by atoms with E-state index in [1.165, 1.54) is 44.9 Å². The van der Waals surface area contributed by atoms with E-state index in [4.69, 9.17) is 14.7 Å².